The number of carbonyl (C=O) groups is 2. The first kappa shape index (κ1) is 19.4. The highest BCUT2D eigenvalue weighted by molar-refractivity contribution is 7.16. The van der Waals surface area contributed by atoms with Gasteiger partial charge in [0.1, 0.15) is 11.1 Å². The summed E-state index contributed by atoms with van der Waals surface area (Å²) in [4.78, 5) is 37.1. The molecular formula is C18H15FN4O4S. The molecule has 28 heavy (non-hydrogen) atoms. The molecule has 1 aliphatic rings. The molecule has 0 saturated carbocycles. The molecule has 1 atom stereocenters. The van der Waals surface area contributed by atoms with Crippen molar-refractivity contribution in [2.75, 3.05) is 16.8 Å². The molecule has 0 spiro atoms. The van der Waals surface area contributed by atoms with E-state index in [9.17, 15) is 29.4 Å². The van der Waals surface area contributed by atoms with Gasteiger partial charge in [-0.2, -0.15) is 9.65 Å². The first-order valence-corrected chi connectivity index (χ1v) is 9.09. The van der Waals surface area contributed by atoms with Crippen LogP contribution in [0.2, 0.25) is 0 Å². The molecule has 1 aromatic carbocycles. The number of rotatable bonds is 4. The van der Waals surface area contributed by atoms with Crippen LogP contribution >= 0.6 is 11.3 Å². The highest BCUT2D eigenvalue weighted by Gasteiger charge is 2.36. The van der Waals surface area contributed by atoms with Crippen molar-refractivity contribution in [1.29, 1.82) is 5.26 Å². The van der Waals surface area contributed by atoms with E-state index in [1.807, 2.05) is 6.92 Å². The molecule has 0 aliphatic carbocycles. The average Bonchev–Trinajstić information content (AvgIpc) is 3.15. The van der Waals surface area contributed by atoms with E-state index in [2.05, 4.69) is 11.4 Å². The van der Waals surface area contributed by atoms with Gasteiger partial charge in [0, 0.05) is 23.9 Å². The number of halogens is 1. The Labute approximate surface area is 163 Å². The maximum Gasteiger partial charge on any atom is 0.306 e. The first-order chi connectivity index (χ1) is 13.2. The third kappa shape index (κ3) is 3.44. The molecule has 0 bridgehead atoms. The van der Waals surface area contributed by atoms with E-state index in [0.717, 1.165) is 22.6 Å². The van der Waals surface area contributed by atoms with Gasteiger partial charge in [-0.3, -0.25) is 19.7 Å². The molecule has 10 heteroatoms. The summed E-state index contributed by atoms with van der Waals surface area (Å²) in [6.45, 7) is 3.65. The summed E-state index contributed by atoms with van der Waals surface area (Å²) < 4.78 is 13.5. The van der Waals surface area contributed by atoms with Crippen molar-refractivity contribution >= 4 is 39.5 Å². The summed E-state index contributed by atoms with van der Waals surface area (Å²) in [5.41, 5.74) is 0.618. The quantitative estimate of drug-likeness (QED) is 0.622. The van der Waals surface area contributed by atoms with Gasteiger partial charge in [-0.1, -0.05) is 0 Å². The SMILES string of the molecule is Cc1sc(NC(=O)C2CC(=O)N(c3ccc(F)c([N+](=O)[O-])c3)C2)c(C#N)c1C. The molecule has 1 N–H and O–H groups in total. The summed E-state index contributed by atoms with van der Waals surface area (Å²) in [6, 6.07) is 5.23. The lowest BCUT2D eigenvalue weighted by Gasteiger charge is -2.16. The predicted octanol–water partition coefficient (Wildman–Crippen LogP) is 3.28. The van der Waals surface area contributed by atoms with Crippen LogP contribution in [0.4, 0.5) is 20.8 Å². The number of nitrogens with zero attached hydrogens (tertiary/aromatic N) is 3. The fraction of sp³-hybridized carbons (Fsp3) is 0.278. The van der Waals surface area contributed by atoms with Crippen LogP contribution in [-0.4, -0.2) is 23.3 Å². The lowest BCUT2D eigenvalue weighted by atomic mass is 10.1. The number of benzene rings is 1. The monoisotopic (exact) mass is 402 g/mol. The maximum atomic E-state index is 13.5. The van der Waals surface area contributed by atoms with E-state index in [-0.39, 0.29) is 24.6 Å². The minimum Gasteiger partial charge on any atom is -0.316 e. The van der Waals surface area contributed by atoms with Crippen LogP contribution in [0.1, 0.15) is 22.4 Å². The van der Waals surface area contributed by atoms with Crippen LogP contribution in [0, 0.1) is 47.0 Å². The van der Waals surface area contributed by atoms with Crippen LogP contribution < -0.4 is 10.2 Å². The van der Waals surface area contributed by atoms with Crippen molar-refractivity contribution in [3.63, 3.8) is 0 Å². The van der Waals surface area contributed by atoms with Gasteiger partial charge >= 0.3 is 5.69 Å². The molecule has 2 amide bonds. The summed E-state index contributed by atoms with van der Waals surface area (Å²) >= 11 is 1.29. The lowest BCUT2D eigenvalue weighted by Crippen LogP contribution is -2.28. The molecular weight excluding hydrogens is 387 g/mol. The zero-order chi connectivity index (χ0) is 20.6. The van der Waals surface area contributed by atoms with Crippen LogP contribution in [0.25, 0.3) is 0 Å². The highest BCUT2D eigenvalue weighted by atomic mass is 32.1. The van der Waals surface area contributed by atoms with Crippen molar-refractivity contribution < 1.29 is 18.9 Å². The average molecular weight is 402 g/mol. The second-order valence-electron chi connectivity index (χ2n) is 6.39. The number of nitrogens with one attached hydrogen (secondary N) is 1. The van der Waals surface area contributed by atoms with Gasteiger partial charge < -0.3 is 10.2 Å². The van der Waals surface area contributed by atoms with Gasteiger partial charge in [-0.05, 0) is 31.5 Å². The van der Waals surface area contributed by atoms with Crippen molar-refractivity contribution in [1.82, 2.24) is 0 Å². The van der Waals surface area contributed by atoms with Gasteiger partial charge in [0.25, 0.3) is 0 Å². The lowest BCUT2D eigenvalue weighted by molar-refractivity contribution is -0.387. The van der Waals surface area contributed by atoms with E-state index < -0.39 is 28.3 Å². The number of hydrogen-bond acceptors (Lipinski definition) is 6. The number of amides is 2. The van der Waals surface area contributed by atoms with Crippen LogP contribution in [-0.2, 0) is 9.59 Å². The topological polar surface area (TPSA) is 116 Å². The molecule has 0 radical (unpaired) electrons. The molecule has 8 nitrogen and oxygen atoms in total. The highest BCUT2D eigenvalue weighted by Crippen LogP contribution is 2.34. The van der Waals surface area contributed by atoms with E-state index in [0.29, 0.717) is 10.6 Å². The summed E-state index contributed by atoms with van der Waals surface area (Å²) in [5.74, 6) is -2.49. The third-order valence-electron chi connectivity index (χ3n) is 4.67. The Balaban J connectivity index is 1.79. The van der Waals surface area contributed by atoms with Gasteiger partial charge in [0.15, 0.2) is 0 Å². The Kier molecular flexibility index (Phi) is 5.11. The molecule has 144 valence electrons. The molecule has 1 aliphatic heterocycles. The second kappa shape index (κ2) is 7.36. The molecule has 1 saturated heterocycles. The van der Waals surface area contributed by atoms with Crippen LogP contribution in [0.5, 0.6) is 0 Å². The molecule has 2 heterocycles. The number of thiophene rings is 1. The summed E-state index contributed by atoms with van der Waals surface area (Å²) in [5, 5.41) is 23.3. The van der Waals surface area contributed by atoms with Crippen LogP contribution in [0.3, 0.4) is 0 Å². The van der Waals surface area contributed by atoms with Crippen molar-refractivity contribution in [2.24, 2.45) is 5.92 Å². The largest absolute Gasteiger partial charge is 0.316 e. The fourth-order valence-corrected chi connectivity index (χ4v) is 4.02. The van der Waals surface area contributed by atoms with E-state index in [1.165, 1.54) is 22.3 Å². The molecule has 1 unspecified atom stereocenters. The Morgan fingerprint density at radius 1 is 1.46 bits per heavy atom. The van der Waals surface area contributed by atoms with E-state index in [4.69, 9.17) is 0 Å². The Bertz CT molecular complexity index is 1040. The number of nitriles is 1. The fourth-order valence-electron chi connectivity index (χ4n) is 3.01. The zero-order valence-corrected chi connectivity index (χ0v) is 15.8. The molecule has 1 aromatic heterocycles. The van der Waals surface area contributed by atoms with Crippen molar-refractivity contribution in [3.05, 3.63) is 50.1 Å². The Morgan fingerprint density at radius 2 is 2.18 bits per heavy atom. The standard InChI is InChI=1S/C18H15FN4O4S/c1-9-10(2)28-18(13(9)7-20)21-17(25)11-5-16(24)22(8-11)12-3-4-14(19)15(6-12)23(26)27/h3-4,6,11H,5,8H2,1-2H3,(H,21,25). The number of nitro benzene ring substituents is 1. The normalized spacial score (nSPS) is 16.1. The number of anilines is 2. The summed E-state index contributed by atoms with van der Waals surface area (Å²) in [7, 11) is 0. The minimum atomic E-state index is -0.998. The van der Waals surface area contributed by atoms with Gasteiger partial charge in [-0.15, -0.1) is 11.3 Å². The second-order valence-corrected chi connectivity index (χ2v) is 7.61. The molecule has 1 fully saturated rings. The van der Waals surface area contributed by atoms with Crippen LogP contribution in [0.15, 0.2) is 18.2 Å². The summed E-state index contributed by atoms with van der Waals surface area (Å²) in [6.07, 6.45) is -0.0811. The van der Waals surface area contributed by atoms with Gasteiger partial charge in [-0.25, -0.2) is 0 Å². The Morgan fingerprint density at radius 3 is 2.82 bits per heavy atom. The number of carbonyl (C=O) groups excluding carboxylic acids is 2. The first-order valence-electron chi connectivity index (χ1n) is 8.28. The van der Waals surface area contributed by atoms with E-state index >= 15 is 0 Å². The van der Waals surface area contributed by atoms with E-state index in [1.54, 1.807) is 6.92 Å². The number of hydrogen-bond donors (Lipinski definition) is 1. The third-order valence-corrected chi connectivity index (χ3v) is 5.79. The van der Waals surface area contributed by atoms with Crippen molar-refractivity contribution in [3.8, 4) is 6.07 Å². The van der Waals surface area contributed by atoms with Gasteiger partial charge in [0.05, 0.1) is 22.1 Å². The van der Waals surface area contributed by atoms with Gasteiger partial charge in [0.2, 0.25) is 17.6 Å². The Hall–Kier alpha value is -3.32. The predicted molar refractivity (Wildman–Crippen MR) is 101 cm³/mol. The molecule has 2 aromatic rings. The molecule has 3 rings (SSSR count). The van der Waals surface area contributed by atoms with Crippen molar-refractivity contribution in [2.45, 2.75) is 20.3 Å². The number of aryl methyl sites for hydroxylation is 1. The smallest absolute Gasteiger partial charge is 0.306 e. The number of nitro groups is 1. The maximum absolute atomic E-state index is 13.5. The zero-order valence-electron chi connectivity index (χ0n) is 15.0. The minimum absolute atomic E-state index is 0.0126.